The van der Waals surface area contributed by atoms with Crippen molar-refractivity contribution in [3.63, 3.8) is 0 Å². The van der Waals surface area contributed by atoms with Crippen molar-refractivity contribution in [3.8, 4) is 23.0 Å². The zero-order chi connectivity index (χ0) is 15.4. The zero-order valence-corrected chi connectivity index (χ0v) is 12.3. The molecule has 112 valence electrons. The van der Waals surface area contributed by atoms with Gasteiger partial charge in [0.1, 0.15) is 18.1 Å². The number of benzene rings is 1. The van der Waals surface area contributed by atoms with Crippen LogP contribution in [0.15, 0.2) is 47.0 Å². The van der Waals surface area contributed by atoms with Crippen molar-refractivity contribution in [2.24, 2.45) is 0 Å². The van der Waals surface area contributed by atoms with E-state index in [4.69, 9.17) is 14.0 Å². The van der Waals surface area contributed by atoms with Gasteiger partial charge in [-0.15, -0.1) is 10.2 Å². The van der Waals surface area contributed by atoms with Crippen molar-refractivity contribution in [1.82, 2.24) is 15.4 Å². The Morgan fingerprint density at radius 3 is 2.41 bits per heavy atom. The van der Waals surface area contributed by atoms with Crippen LogP contribution in [0.4, 0.5) is 0 Å². The van der Waals surface area contributed by atoms with Gasteiger partial charge in [-0.2, -0.15) is 0 Å². The van der Waals surface area contributed by atoms with E-state index in [1.54, 1.807) is 12.1 Å². The molecule has 0 atom stereocenters. The summed E-state index contributed by atoms with van der Waals surface area (Å²) in [6.45, 7) is 2.17. The Balaban J connectivity index is 1.79. The Hall–Kier alpha value is -2.89. The van der Waals surface area contributed by atoms with E-state index < -0.39 is 0 Å². The summed E-state index contributed by atoms with van der Waals surface area (Å²) in [5.41, 5.74) is 2.65. The lowest BCUT2D eigenvalue weighted by Crippen LogP contribution is -2.01. The first-order chi connectivity index (χ1) is 10.8. The minimum atomic E-state index is 0.306. The molecule has 0 fully saturated rings. The van der Waals surface area contributed by atoms with Gasteiger partial charge in [-0.3, -0.25) is 0 Å². The molecule has 0 N–H and O–H groups in total. The van der Waals surface area contributed by atoms with Gasteiger partial charge in [0.05, 0.1) is 12.7 Å². The number of aryl methyl sites for hydroxylation is 1. The molecule has 0 radical (unpaired) electrons. The first-order valence-corrected chi connectivity index (χ1v) is 6.79. The highest BCUT2D eigenvalue weighted by Gasteiger charge is 2.15. The van der Waals surface area contributed by atoms with Crippen LogP contribution in [0.5, 0.6) is 11.8 Å². The quantitative estimate of drug-likeness (QED) is 0.721. The molecule has 22 heavy (non-hydrogen) atoms. The normalized spacial score (nSPS) is 10.5. The average molecular weight is 297 g/mol. The van der Waals surface area contributed by atoms with Crippen LogP contribution in [-0.4, -0.2) is 22.5 Å². The number of hydrogen-bond acceptors (Lipinski definition) is 6. The van der Waals surface area contributed by atoms with E-state index in [1.807, 2.05) is 37.3 Å². The van der Waals surface area contributed by atoms with Crippen molar-refractivity contribution >= 4 is 0 Å². The predicted molar refractivity (Wildman–Crippen MR) is 79.6 cm³/mol. The van der Waals surface area contributed by atoms with Gasteiger partial charge < -0.3 is 14.0 Å². The largest absolute Gasteiger partial charge is 0.480 e. The molecule has 0 unspecified atom stereocenters. The lowest BCUT2D eigenvalue weighted by molar-refractivity contribution is 0.284. The van der Waals surface area contributed by atoms with Crippen molar-refractivity contribution < 1.29 is 14.0 Å². The van der Waals surface area contributed by atoms with Crippen molar-refractivity contribution in [2.45, 2.75) is 13.5 Å². The molecule has 2 heterocycles. The topological polar surface area (TPSA) is 70.3 Å². The molecule has 0 saturated carbocycles. The fourth-order valence-corrected chi connectivity index (χ4v) is 2.02. The second kappa shape index (κ2) is 6.26. The van der Waals surface area contributed by atoms with Gasteiger partial charge in [-0.1, -0.05) is 35.5 Å². The van der Waals surface area contributed by atoms with Gasteiger partial charge in [0.25, 0.3) is 0 Å². The van der Waals surface area contributed by atoms with Crippen molar-refractivity contribution in [1.29, 1.82) is 0 Å². The first-order valence-electron chi connectivity index (χ1n) is 6.79. The summed E-state index contributed by atoms with van der Waals surface area (Å²) in [4.78, 5) is 0. The highest BCUT2D eigenvalue weighted by Crippen LogP contribution is 2.26. The number of ether oxygens (including phenoxy) is 2. The van der Waals surface area contributed by atoms with Crippen LogP contribution < -0.4 is 9.47 Å². The molecule has 6 heteroatoms. The third-order valence-corrected chi connectivity index (χ3v) is 3.22. The van der Waals surface area contributed by atoms with E-state index in [-0.39, 0.29) is 0 Å². The molecule has 0 aliphatic carbocycles. The zero-order valence-electron chi connectivity index (χ0n) is 12.3. The molecule has 2 aromatic heterocycles. The van der Waals surface area contributed by atoms with E-state index in [9.17, 15) is 0 Å². The van der Waals surface area contributed by atoms with Gasteiger partial charge in [-0.05, 0) is 6.92 Å². The Bertz CT molecular complexity index is 739. The van der Waals surface area contributed by atoms with E-state index in [1.165, 1.54) is 7.11 Å². The summed E-state index contributed by atoms with van der Waals surface area (Å²) in [6.07, 6.45) is 0. The maximum atomic E-state index is 5.66. The molecule has 1 aromatic carbocycles. The maximum absolute atomic E-state index is 5.66. The van der Waals surface area contributed by atoms with Gasteiger partial charge in [0, 0.05) is 17.7 Å². The van der Waals surface area contributed by atoms with Crippen molar-refractivity contribution in [3.05, 3.63) is 53.8 Å². The van der Waals surface area contributed by atoms with Gasteiger partial charge in [0.2, 0.25) is 11.8 Å². The average Bonchev–Trinajstić information content (AvgIpc) is 2.95. The highest BCUT2D eigenvalue weighted by atomic mass is 16.5. The van der Waals surface area contributed by atoms with Gasteiger partial charge in [0.15, 0.2) is 0 Å². The molecule has 3 rings (SSSR count). The highest BCUT2D eigenvalue weighted by molar-refractivity contribution is 5.63. The number of hydrogen-bond donors (Lipinski definition) is 0. The molecule has 0 aliphatic rings. The minimum Gasteiger partial charge on any atom is -0.480 e. The first kappa shape index (κ1) is 14.1. The standard InChI is InChI=1S/C16H15N3O3/c1-11-13(10-21-15-9-8-14(20-2)17-18-15)16(19-22-11)12-6-4-3-5-7-12/h3-9H,10H2,1-2H3. The fraction of sp³-hybridized carbons (Fsp3) is 0.188. The summed E-state index contributed by atoms with van der Waals surface area (Å²) in [5.74, 6) is 1.58. The molecular weight excluding hydrogens is 282 g/mol. The molecule has 0 aliphatic heterocycles. The SMILES string of the molecule is COc1ccc(OCc2c(-c3ccccc3)noc2C)nn1. The smallest absolute Gasteiger partial charge is 0.233 e. The number of methoxy groups -OCH3 is 1. The van der Waals surface area contributed by atoms with Crippen LogP contribution in [0.25, 0.3) is 11.3 Å². The Morgan fingerprint density at radius 2 is 1.73 bits per heavy atom. The minimum absolute atomic E-state index is 0.306. The Labute approximate surface area is 127 Å². The van der Waals surface area contributed by atoms with E-state index in [0.29, 0.717) is 18.4 Å². The molecule has 0 bridgehead atoms. The molecule has 0 amide bonds. The predicted octanol–water partition coefficient (Wildman–Crippen LogP) is 3.03. The van der Waals surface area contributed by atoms with Crippen LogP contribution in [0, 0.1) is 6.92 Å². The summed E-state index contributed by atoms with van der Waals surface area (Å²) < 4.78 is 15.9. The number of rotatable bonds is 5. The van der Waals surface area contributed by atoms with Crippen LogP contribution in [-0.2, 0) is 6.61 Å². The summed E-state index contributed by atoms with van der Waals surface area (Å²) in [7, 11) is 1.54. The number of aromatic nitrogens is 3. The van der Waals surface area contributed by atoms with Crippen LogP contribution >= 0.6 is 0 Å². The monoisotopic (exact) mass is 297 g/mol. The molecule has 0 spiro atoms. The summed E-state index contributed by atoms with van der Waals surface area (Å²) in [6, 6.07) is 13.2. The van der Waals surface area contributed by atoms with Gasteiger partial charge in [-0.25, -0.2) is 0 Å². The van der Waals surface area contributed by atoms with E-state index in [0.717, 1.165) is 22.6 Å². The van der Waals surface area contributed by atoms with Gasteiger partial charge >= 0.3 is 0 Å². The van der Waals surface area contributed by atoms with Crippen molar-refractivity contribution in [2.75, 3.05) is 7.11 Å². The molecule has 0 saturated heterocycles. The molecular formula is C16H15N3O3. The van der Waals surface area contributed by atoms with Crippen LogP contribution in [0.2, 0.25) is 0 Å². The third-order valence-electron chi connectivity index (χ3n) is 3.22. The lowest BCUT2D eigenvalue weighted by atomic mass is 10.1. The second-order valence-electron chi connectivity index (χ2n) is 4.63. The van der Waals surface area contributed by atoms with E-state index >= 15 is 0 Å². The Kier molecular flexibility index (Phi) is 4.00. The molecule has 3 aromatic rings. The lowest BCUT2D eigenvalue weighted by Gasteiger charge is -2.06. The maximum Gasteiger partial charge on any atom is 0.233 e. The third kappa shape index (κ3) is 2.90. The van der Waals surface area contributed by atoms with Crippen LogP contribution in [0.1, 0.15) is 11.3 Å². The fourth-order valence-electron chi connectivity index (χ4n) is 2.02. The van der Waals surface area contributed by atoms with Crippen LogP contribution in [0.3, 0.4) is 0 Å². The molecule has 6 nitrogen and oxygen atoms in total. The number of nitrogens with zero attached hydrogens (tertiary/aromatic N) is 3. The summed E-state index contributed by atoms with van der Waals surface area (Å²) in [5, 5.41) is 11.9. The second-order valence-corrected chi connectivity index (χ2v) is 4.63. The summed E-state index contributed by atoms with van der Waals surface area (Å²) >= 11 is 0. The Morgan fingerprint density at radius 1 is 1.00 bits per heavy atom. The van der Waals surface area contributed by atoms with E-state index in [2.05, 4.69) is 15.4 Å².